The van der Waals surface area contributed by atoms with Crippen molar-refractivity contribution in [3.05, 3.63) is 33.1 Å². The van der Waals surface area contributed by atoms with Crippen LogP contribution in [0.5, 0.6) is 0 Å². The van der Waals surface area contributed by atoms with Crippen LogP contribution in [0.3, 0.4) is 0 Å². The normalized spacial score (nSPS) is 37.7. The molecule has 18 nitrogen and oxygen atoms in total. The molecule has 1 aromatic rings. The summed E-state index contributed by atoms with van der Waals surface area (Å²) in [5.74, 6) is 0. The highest BCUT2D eigenvalue weighted by Gasteiger charge is 2.47. The lowest BCUT2D eigenvalue weighted by Gasteiger charge is -2.35. The minimum absolute atomic E-state index is 0.602. The number of hydrogen-bond donors (Lipinski definition) is 8. The monoisotopic (exact) mass is 536 g/mol. The highest BCUT2D eigenvalue weighted by molar-refractivity contribution is 7.61. The average Bonchev–Trinajstić information content (AvgIpc) is 3.00. The van der Waals surface area contributed by atoms with Gasteiger partial charge < -0.3 is 44.8 Å². The van der Waals surface area contributed by atoms with Crippen LogP contribution in [0.2, 0.25) is 0 Å². The molecular formula is C14H22N2O16P2. The van der Waals surface area contributed by atoms with Gasteiger partial charge in [0.25, 0.3) is 5.56 Å². The fraction of sp³-hybridized carbons (Fsp3) is 0.714. The first-order valence-electron chi connectivity index (χ1n) is 9.39. The predicted molar refractivity (Wildman–Crippen MR) is 103 cm³/mol. The fourth-order valence-corrected chi connectivity index (χ4v) is 5.24. The summed E-state index contributed by atoms with van der Waals surface area (Å²) in [6.07, 6.45) is -13.0. The van der Waals surface area contributed by atoms with Crippen molar-refractivity contribution in [2.24, 2.45) is 0 Å². The Morgan fingerprint density at radius 2 is 1.71 bits per heavy atom. The number of nitrogens with one attached hydrogen (secondary N) is 1. The summed E-state index contributed by atoms with van der Waals surface area (Å²) >= 11 is 0. The van der Waals surface area contributed by atoms with E-state index in [1.807, 2.05) is 4.98 Å². The molecule has 0 aliphatic carbocycles. The maximum absolute atomic E-state index is 12.1. The number of aromatic nitrogens is 2. The Hall–Kier alpha value is -1.34. The van der Waals surface area contributed by atoms with Crippen LogP contribution in [0.4, 0.5) is 0 Å². The number of ether oxygens (including phenoxy) is 2. The number of aliphatic hydroxyl groups excluding tert-OH is 5. The Balaban J connectivity index is 1.59. The molecule has 10 atom stereocenters. The highest BCUT2D eigenvalue weighted by atomic mass is 31.3. The molecule has 3 rings (SSSR count). The van der Waals surface area contributed by atoms with Crippen LogP contribution in [0.1, 0.15) is 6.23 Å². The minimum Gasteiger partial charge on any atom is -0.388 e. The van der Waals surface area contributed by atoms with Gasteiger partial charge in [0.1, 0.15) is 36.6 Å². The topological polar surface area (TPSA) is 277 Å². The lowest BCUT2D eigenvalue weighted by Crippen LogP contribution is -2.53. The Labute approximate surface area is 188 Å². The van der Waals surface area contributed by atoms with E-state index in [9.17, 15) is 54.0 Å². The molecule has 0 radical (unpaired) electrons. The summed E-state index contributed by atoms with van der Waals surface area (Å²) in [7, 11) is -10.9. The summed E-state index contributed by atoms with van der Waals surface area (Å²) in [6.45, 7) is -1.59. The molecule has 1 aromatic heterocycles. The lowest BCUT2D eigenvalue weighted by atomic mass is 10.1. The van der Waals surface area contributed by atoms with Crippen molar-refractivity contribution in [3.8, 4) is 0 Å². The van der Waals surface area contributed by atoms with Crippen molar-refractivity contribution in [3.63, 3.8) is 0 Å². The maximum Gasteiger partial charge on any atom is 0.483 e. The molecule has 2 fully saturated rings. The quantitative estimate of drug-likeness (QED) is 0.146. The number of hydrogen-bond acceptors (Lipinski definition) is 14. The Morgan fingerprint density at radius 1 is 1.03 bits per heavy atom. The Morgan fingerprint density at radius 3 is 2.35 bits per heavy atom. The van der Waals surface area contributed by atoms with Crippen LogP contribution in [0, 0.1) is 0 Å². The fourth-order valence-electron chi connectivity index (χ4n) is 3.07. The molecular weight excluding hydrogens is 514 g/mol. The SMILES string of the molecule is O=c1ccn([C@@H]2O[C@H](COP(=O)(O)OP(=O)(O)O[C@@H]3OC[C@@H](O)[C@@H](O)[C@@H]3O)[C@@H](O)[C@H]2O)c(=O)[nH]1. The summed E-state index contributed by atoms with van der Waals surface area (Å²) < 4.78 is 47.7. The molecule has 2 unspecified atom stereocenters. The first-order chi connectivity index (χ1) is 15.7. The highest BCUT2D eigenvalue weighted by Crippen LogP contribution is 2.61. The molecule has 0 amide bonds. The second-order valence-corrected chi connectivity index (χ2v) is 10.2. The smallest absolute Gasteiger partial charge is 0.388 e. The van der Waals surface area contributed by atoms with E-state index in [0.717, 1.165) is 16.8 Å². The lowest BCUT2D eigenvalue weighted by molar-refractivity contribution is -0.245. The van der Waals surface area contributed by atoms with Gasteiger partial charge in [-0.2, -0.15) is 4.31 Å². The van der Waals surface area contributed by atoms with Gasteiger partial charge in [-0.3, -0.25) is 23.4 Å². The molecule has 194 valence electrons. The molecule has 0 spiro atoms. The van der Waals surface area contributed by atoms with E-state index in [-0.39, 0.29) is 0 Å². The van der Waals surface area contributed by atoms with Crippen LogP contribution >= 0.6 is 15.6 Å². The molecule has 3 heterocycles. The number of phosphoric acid groups is 2. The van der Waals surface area contributed by atoms with E-state index in [0.29, 0.717) is 0 Å². The van der Waals surface area contributed by atoms with Crippen molar-refractivity contribution < 1.29 is 67.3 Å². The van der Waals surface area contributed by atoms with Crippen molar-refractivity contribution in [2.45, 2.75) is 49.1 Å². The summed E-state index contributed by atoms with van der Waals surface area (Å²) in [5.41, 5.74) is -1.72. The van der Waals surface area contributed by atoms with E-state index >= 15 is 0 Å². The van der Waals surface area contributed by atoms with Crippen molar-refractivity contribution >= 4 is 15.6 Å². The molecule has 20 heteroatoms. The number of aliphatic hydroxyl groups is 5. The predicted octanol–water partition coefficient (Wildman–Crippen LogP) is -4.15. The Kier molecular flexibility index (Phi) is 8.28. The van der Waals surface area contributed by atoms with E-state index < -0.39 is 89.2 Å². The first-order valence-corrected chi connectivity index (χ1v) is 12.4. The number of rotatable bonds is 8. The van der Waals surface area contributed by atoms with Gasteiger partial charge in [0.2, 0.25) is 0 Å². The molecule has 2 aliphatic rings. The number of phosphoric ester groups is 2. The molecule has 2 aliphatic heterocycles. The van der Waals surface area contributed by atoms with Crippen LogP contribution < -0.4 is 11.2 Å². The van der Waals surface area contributed by atoms with Crippen LogP contribution in [0.15, 0.2) is 21.9 Å². The van der Waals surface area contributed by atoms with Crippen molar-refractivity contribution in [2.75, 3.05) is 13.2 Å². The zero-order valence-electron chi connectivity index (χ0n) is 16.8. The molecule has 0 bridgehead atoms. The van der Waals surface area contributed by atoms with Crippen molar-refractivity contribution in [1.82, 2.24) is 9.55 Å². The Bertz CT molecular complexity index is 1080. The molecule has 34 heavy (non-hydrogen) atoms. The van der Waals surface area contributed by atoms with Gasteiger partial charge in [-0.05, 0) is 0 Å². The second kappa shape index (κ2) is 10.3. The summed E-state index contributed by atoms with van der Waals surface area (Å²) in [5, 5.41) is 48.8. The standard InChI is InChI=1S/C14H22N2O16P2/c17-5-3-28-13(11(22)8(5)19)31-34(26,27)32-33(24,25)29-4-6-9(20)10(21)12(30-6)16-2-1-7(18)15-14(16)23/h1-2,5-6,8-13,17,19-22H,3-4H2,(H,24,25)(H,26,27)(H,15,18,23)/t5-,6-,8-,9-,10-,11+,12-,13+/m1/s1. The maximum atomic E-state index is 12.1. The second-order valence-electron chi connectivity index (χ2n) is 7.23. The third kappa shape index (κ3) is 6.26. The molecule has 8 N–H and O–H groups in total. The molecule has 0 saturated carbocycles. The van der Waals surface area contributed by atoms with Gasteiger partial charge >= 0.3 is 21.3 Å². The van der Waals surface area contributed by atoms with E-state index in [1.54, 1.807) is 0 Å². The summed E-state index contributed by atoms with van der Waals surface area (Å²) in [4.78, 5) is 44.3. The third-order valence-corrected chi connectivity index (χ3v) is 7.36. The van der Waals surface area contributed by atoms with Crippen LogP contribution in [-0.4, -0.2) is 101 Å². The third-order valence-electron chi connectivity index (χ3n) is 4.76. The number of aromatic amines is 1. The largest absolute Gasteiger partial charge is 0.483 e. The first kappa shape index (κ1) is 27.3. The molecule has 0 aromatic carbocycles. The zero-order chi connectivity index (χ0) is 25.4. The van der Waals surface area contributed by atoms with Gasteiger partial charge in [0.15, 0.2) is 12.5 Å². The van der Waals surface area contributed by atoms with Crippen molar-refractivity contribution in [1.29, 1.82) is 0 Å². The number of nitrogens with zero attached hydrogens (tertiary/aromatic N) is 1. The minimum atomic E-state index is -5.47. The van der Waals surface area contributed by atoms with E-state index in [2.05, 4.69) is 13.4 Å². The van der Waals surface area contributed by atoms with Crippen LogP contribution in [-0.2, 0) is 32.0 Å². The van der Waals surface area contributed by atoms with Gasteiger partial charge in [0.05, 0.1) is 13.2 Å². The number of H-pyrrole nitrogens is 1. The van der Waals surface area contributed by atoms with Gasteiger partial charge in [-0.15, -0.1) is 0 Å². The van der Waals surface area contributed by atoms with E-state index in [1.165, 1.54) is 0 Å². The van der Waals surface area contributed by atoms with Gasteiger partial charge in [-0.1, -0.05) is 0 Å². The van der Waals surface area contributed by atoms with Crippen LogP contribution in [0.25, 0.3) is 0 Å². The van der Waals surface area contributed by atoms with Gasteiger partial charge in [-0.25, -0.2) is 13.9 Å². The zero-order valence-corrected chi connectivity index (χ0v) is 18.6. The van der Waals surface area contributed by atoms with E-state index in [4.69, 9.17) is 9.47 Å². The van der Waals surface area contributed by atoms with Gasteiger partial charge in [0, 0.05) is 12.3 Å². The summed E-state index contributed by atoms with van der Waals surface area (Å²) in [6, 6.07) is 0.939. The average molecular weight is 536 g/mol. The molecule has 2 saturated heterocycles.